The number of anilines is 1. The fourth-order valence-corrected chi connectivity index (χ4v) is 3.25. The highest BCUT2D eigenvalue weighted by atomic mass is 15.2. The zero-order chi connectivity index (χ0) is 10.6. The molecule has 3 nitrogen and oxygen atoms in total. The number of H-pyrrole nitrogens is 1. The maximum Gasteiger partial charge on any atom is 0.148 e. The van der Waals surface area contributed by atoms with Gasteiger partial charge in [-0.2, -0.15) is 5.10 Å². The van der Waals surface area contributed by atoms with Crippen LogP contribution in [0.5, 0.6) is 0 Å². The van der Waals surface area contributed by atoms with Crippen molar-refractivity contribution in [1.29, 1.82) is 0 Å². The minimum atomic E-state index is 0.482. The van der Waals surface area contributed by atoms with Crippen LogP contribution in [0.1, 0.15) is 56.2 Å². The first-order valence-corrected chi connectivity index (χ1v) is 6.00. The quantitative estimate of drug-likeness (QED) is 0.779. The highest BCUT2D eigenvalue weighted by molar-refractivity contribution is 5.46. The highest BCUT2D eigenvalue weighted by Crippen LogP contribution is 2.58. The molecular formula is C12H19N3. The maximum atomic E-state index is 5.91. The van der Waals surface area contributed by atoms with E-state index in [-0.39, 0.29) is 0 Å². The number of nitrogens with zero attached hydrogens (tertiary/aromatic N) is 1. The van der Waals surface area contributed by atoms with Crippen LogP contribution in [0.4, 0.5) is 5.82 Å². The van der Waals surface area contributed by atoms with Gasteiger partial charge in [0.15, 0.2) is 0 Å². The van der Waals surface area contributed by atoms with Crippen LogP contribution in [0.15, 0.2) is 0 Å². The molecule has 0 spiro atoms. The molecule has 3 heteroatoms. The number of hydrogen-bond donors (Lipinski definition) is 2. The first kappa shape index (κ1) is 9.25. The number of aromatic amines is 1. The molecule has 1 aromatic heterocycles. The normalized spacial score (nSPS) is 33.4. The second kappa shape index (κ2) is 3.00. The van der Waals surface area contributed by atoms with Crippen molar-refractivity contribution in [3.63, 3.8) is 0 Å². The zero-order valence-electron chi connectivity index (χ0n) is 9.46. The van der Waals surface area contributed by atoms with E-state index in [4.69, 9.17) is 5.73 Å². The summed E-state index contributed by atoms with van der Waals surface area (Å²) in [4.78, 5) is 0. The average molecular weight is 205 g/mol. The Labute approximate surface area is 90.4 Å². The van der Waals surface area contributed by atoms with E-state index in [0.29, 0.717) is 17.7 Å². The van der Waals surface area contributed by atoms with Gasteiger partial charge >= 0.3 is 0 Å². The smallest absolute Gasteiger partial charge is 0.148 e. The van der Waals surface area contributed by atoms with Crippen LogP contribution in [0.2, 0.25) is 0 Å². The summed E-state index contributed by atoms with van der Waals surface area (Å²) in [6, 6.07) is 0. The summed E-state index contributed by atoms with van der Waals surface area (Å²) in [7, 11) is 0. The third kappa shape index (κ3) is 1.36. The van der Waals surface area contributed by atoms with E-state index >= 15 is 0 Å². The second-order valence-corrected chi connectivity index (χ2v) is 5.52. The molecule has 1 heterocycles. The Morgan fingerprint density at radius 1 is 1.27 bits per heavy atom. The molecule has 0 radical (unpaired) electrons. The molecule has 1 aromatic rings. The Kier molecular flexibility index (Phi) is 1.85. The van der Waals surface area contributed by atoms with Crippen molar-refractivity contribution in [2.24, 2.45) is 11.8 Å². The fourth-order valence-electron chi connectivity index (χ4n) is 3.25. The van der Waals surface area contributed by atoms with E-state index in [0.717, 1.165) is 11.8 Å². The predicted octanol–water partition coefficient (Wildman–Crippen LogP) is 2.63. The molecule has 0 bridgehead atoms. The van der Waals surface area contributed by atoms with E-state index in [9.17, 15) is 0 Å². The standard InChI is InChI=1S/C12H19N3/c1-6(2)10-11(14-15-12(10)13)9-4-7-3-8(7)5-9/h6-9H,3-5H2,1-2H3,(H3,13,14,15)/t7-,8+,9?. The summed E-state index contributed by atoms with van der Waals surface area (Å²) in [5.41, 5.74) is 8.51. The van der Waals surface area contributed by atoms with Crippen LogP contribution < -0.4 is 5.73 Å². The van der Waals surface area contributed by atoms with Gasteiger partial charge in [0.25, 0.3) is 0 Å². The Hall–Kier alpha value is -0.990. The topological polar surface area (TPSA) is 54.7 Å². The summed E-state index contributed by atoms with van der Waals surface area (Å²) in [5, 5.41) is 7.34. The molecule has 1 unspecified atom stereocenters. The summed E-state index contributed by atoms with van der Waals surface area (Å²) in [6.45, 7) is 4.39. The van der Waals surface area contributed by atoms with Crippen molar-refractivity contribution in [3.8, 4) is 0 Å². The van der Waals surface area contributed by atoms with Gasteiger partial charge in [0.2, 0.25) is 0 Å². The van der Waals surface area contributed by atoms with Crippen molar-refractivity contribution >= 4 is 5.82 Å². The summed E-state index contributed by atoms with van der Waals surface area (Å²) < 4.78 is 0. The Bertz CT molecular complexity index is 370. The Morgan fingerprint density at radius 3 is 2.53 bits per heavy atom. The van der Waals surface area contributed by atoms with Gasteiger partial charge in [-0.25, -0.2) is 0 Å². The minimum absolute atomic E-state index is 0.482. The number of aromatic nitrogens is 2. The van der Waals surface area contributed by atoms with Crippen LogP contribution >= 0.6 is 0 Å². The van der Waals surface area contributed by atoms with Gasteiger partial charge in [-0.1, -0.05) is 13.8 Å². The number of rotatable bonds is 2. The van der Waals surface area contributed by atoms with Gasteiger partial charge in [0.1, 0.15) is 5.82 Å². The molecule has 3 N–H and O–H groups in total. The fraction of sp³-hybridized carbons (Fsp3) is 0.750. The van der Waals surface area contributed by atoms with E-state index in [1.54, 1.807) is 0 Å². The summed E-state index contributed by atoms with van der Waals surface area (Å²) in [5.74, 6) is 3.92. The van der Waals surface area contributed by atoms with Crippen LogP contribution in [-0.4, -0.2) is 10.2 Å². The lowest BCUT2D eigenvalue weighted by atomic mass is 9.92. The number of nitrogen functional groups attached to an aromatic ring is 1. The molecule has 0 amide bonds. The summed E-state index contributed by atoms with van der Waals surface area (Å²) >= 11 is 0. The van der Waals surface area contributed by atoms with Crippen molar-refractivity contribution in [3.05, 3.63) is 11.3 Å². The lowest BCUT2D eigenvalue weighted by Crippen LogP contribution is -2.03. The third-order valence-electron chi connectivity index (χ3n) is 4.09. The number of hydrogen-bond acceptors (Lipinski definition) is 2. The van der Waals surface area contributed by atoms with E-state index < -0.39 is 0 Å². The van der Waals surface area contributed by atoms with Crippen molar-refractivity contribution in [2.45, 2.75) is 44.9 Å². The average Bonchev–Trinajstić information content (AvgIpc) is 2.62. The molecular weight excluding hydrogens is 186 g/mol. The van der Waals surface area contributed by atoms with Crippen molar-refractivity contribution in [2.75, 3.05) is 5.73 Å². The largest absolute Gasteiger partial charge is 0.382 e. The molecule has 2 aliphatic rings. The summed E-state index contributed by atoms with van der Waals surface area (Å²) in [6.07, 6.45) is 4.18. The van der Waals surface area contributed by atoms with Gasteiger partial charge < -0.3 is 5.73 Å². The van der Waals surface area contributed by atoms with Crippen LogP contribution in [0.25, 0.3) is 0 Å². The SMILES string of the molecule is CC(C)c1c(N)n[nH]c1C1C[C@@H]2C[C@@H]2C1. The van der Waals surface area contributed by atoms with Crippen LogP contribution in [-0.2, 0) is 0 Å². The molecule has 0 aromatic carbocycles. The Balaban J connectivity index is 1.90. The monoisotopic (exact) mass is 205 g/mol. The van der Waals surface area contributed by atoms with Crippen molar-refractivity contribution < 1.29 is 0 Å². The lowest BCUT2D eigenvalue weighted by molar-refractivity contribution is 0.597. The van der Waals surface area contributed by atoms with E-state index in [1.165, 1.54) is 30.5 Å². The molecule has 3 rings (SSSR count). The highest BCUT2D eigenvalue weighted by Gasteiger charge is 2.47. The molecule has 2 saturated carbocycles. The Morgan fingerprint density at radius 2 is 1.93 bits per heavy atom. The molecule has 15 heavy (non-hydrogen) atoms. The first-order chi connectivity index (χ1) is 7.16. The molecule has 0 saturated heterocycles. The van der Waals surface area contributed by atoms with Crippen LogP contribution in [0.3, 0.4) is 0 Å². The molecule has 2 aliphatic carbocycles. The van der Waals surface area contributed by atoms with Gasteiger partial charge in [0.05, 0.1) is 0 Å². The van der Waals surface area contributed by atoms with Gasteiger partial charge in [-0.15, -0.1) is 0 Å². The third-order valence-corrected chi connectivity index (χ3v) is 4.09. The van der Waals surface area contributed by atoms with Gasteiger partial charge in [-0.3, -0.25) is 5.10 Å². The van der Waals surface area contributed by atoms with Gasteiger partial charge in [-0.05, 0) is 37.0 Å². The van der Waals surface area contributed by atoms with E-state index in [1.807, 2.05) is 0 Å². The number of nitrogens with two attached hydrogens (primary N) is 1. The maximum absolute atomic E-state index is 5.91. The number of fused-ring (bicyclic) bond motifs is 1. The molecule has 2 fully saturated rings. The van der Waals surface area contributed by atoms with E-state index in [2.05, 4.69) is 24.0 Å². The van der Waals surface area contributed by atoms with Crippen molar-refractivity contribution in [1.82, 2.24) is 10.2 Å². The lowest BCUT2D eigenvalue weighted by Gasteiger charge is -2.14. The minimum Gasteiger partial charge on any atom is -0.382 e. The molecule has 82 valence electrons. The zero-order valence-corrected chi connectivity index (χ0v) is 9.46. The molecule has 3 atom stereocenters. The first-order valence-electron chi connectivity index (χ1n) is 6.00. The van der Waals surface area contributed by atoms with Gasteiger partial charge in [0, 0.05) is 17.2 Å². The molecule has 0 aliphatic heterocycles. The number of nitrogens with one attached hydrogen (secondary N) is 1. The predicted molar refractivity (Wildman–Crippen MR) is 60.7 cm³/mol. The second-order valence-electron chi connectivity index (χ2n) is 5.52. The van der Waals surface area contributed by atoms with Crippen LogP contribution in [0, 0.1) is 11.8 Å².